The zero-order valence-corrected chi connectivity index (χ0v) is 14.8. The highest BCUT2D eigenvalue weighted by atomic mass is 35.5. The van der Waals surface area contributed by atoms with Gasteiger partial charge in [-0.2, -0.15) is 5.10 Å². The molecule has 2 aromatic heterocycles. The summed E-state index contributed by atoms with van der Waals surface area (Å²) in [5, 5.41) is 8.72. The van der Waals surface area contributed by atoms with Crippen LogP contribution in [0.15, 0.2) is 6.07 Å². The molecule has 1 amide bonds. The Morgan fingerprint density at radius 1 is 1.55 bits per heavy atom. The number of hydrogen-bond donors (Lipinski definition) is 2. The smallest absolute Gasteiger partial charge is 0.261 e. The van der Waals surface area contributed by atoms with E-state index in [1.807, 2.05) is 17.8 Å². The maximum atomic E-state index is 12.4. The topological polar surface area (TPSA) is 72.9 Å². The average molecular weight is 343 g/mol. The summed E-state index contributed by atoms with van der Waals surface area (Å²) in [6.07, 6.45) is 2.35. The monoisotopic (exact) mass is 342 g/mol. The van der Waals surface area contributed by atoms with E-state index in [9.17, 15) is 4.79 Å². The molecule has 122 valence electrons. The molecule has 1 saturated carbocycles. The summed E-state index contributed by atoms with van der Waals surface area (Å²) in [6.45, 7) is 4.76. The molecule has 7 heteroatoms. The van der Waals surface area contributed by atoms with Gasteiger partial charge in [-0.1, -0.05) is 13.8 Å². The van der Waals surface area contributed by atoms with Gasteiger partial charge in [0.05, 0.1) is 10.6 Å². The number of halogens is 1. The van der Waals surface area contributed by atoms with Crippen LogP contribution < -0.4 is 11.1 Å². The predicted molar refractivity (Wildman–Crippen MR) is 93.0 cm³/mol. The van der Waals surface area contributed by atoms with Crippen LogP contribution in [0.1, 0.15) is 48.0 Å². The van der Waals surface area contributed by atoms with Crippen molar-refractivity contribution in [3.05, 3.63) is 16.6 Å². The van der Waals surface area contributed by atoms with Crippen LogP contribution in [0, 0.1) is 5.92 Å². The standard InChI is InChI=1S/C15H22N4OS.ClH/c1-8(2)13-10-6-12(21-15(10)19(3)18-13)14(20)17-11(7-16)9-4-5-9;/h6,8-9,11H,4-5,7,16H2,1-3H3,(H,17,20);1H. The normalized spacial score (nSPS) is 15.9. The first-order valence-electron chi connectivity index (χ1n) is 7.48. The van der Waals surface area contributed by atoms with E-state index in [0.29, 0.717) is 18.4 Å². The van der Waals surface area contributed by atoms with Gasteiger partial charge < -0.3 is 11.1 Å². The lowest BCUT2D eigenvalue weighted by atomic mass is 10.1. The number of aromatic nitrogens is 2. The summed E-state index contributed by atoms with van der Waals surface area (Å²) < 4.78 is 1.87. The van der Waals surface area contributed by atoms with Gasteiger partial charge in [0, 0.05) is 25.0 Å². The van der Waals surface area contributed by atoms with E-state index in [1.54, 1.807) is 0 Å². The Morgan fingerprint density at radius 3 is 2.77 bits per heavy atom. The molecular formula is C15H23ClN4OS. The van der Waals surface area contributed by atoms with Crippen molar-refractivity contribution in [3.8, 4) is 0 Å². The van der Waals surface area contributed by atoms with Crippen molar-refractivity contribution in [2.75, 3.05) is 6.54 Å². The number of carbonyl (C=O) groups excluding carboxylic acids is 1. The molecule has 22 heavy (non-hydrogen) atoms. The number of fused-ring (bicyclic) bond motifs is 1. The molecule has 0 radical (unpaired) electrons. The van der Waals surface area contributed by atoms with Gasteiger partial charge in [0.1, 0.15) is 4.83 Å². The van der Waals surface area contributed by atoms with E-state index in [4.69, 9.17) is 5.73 Å². The second kappa shape index (κ2) is 6.56. The fraction of sp³-hybridized carbons (Fsp3) is 0.600. The Bertz CT molecular complexity index is 674. The SMILES string of the molecule is CC(C)c1nn(C)c2sc(C(=O)NC(CN)C3CC3)cc12.Cl. The number of nitrogens with zero attached hydrogens (tertiary/aromatic N) is 2. The zero-order chi connectivity index (χ0) is 15.1. The highest BCUT2D eigenvalue weighted by Gasteiger charge is 2.31. The van der Waals surface area contributed by atoms with Crippen LogP contribution in [0.25, 0.3) is 10.2 Å². The van der Waals surface area contributed by atoms with Crippen molar-refractivity contribution in [2.24, 2.45) is 18.7 Å². The Labute approximate surface area is 140 Å². The molecule has 0 spiro atoms. The molecule has 0 aliphatic heterocycles. The van der Waals surface area contributed by atoms with Gasteiger partial charge in [-0.3, -0.25) is 9.48 Å². The molecule has 1 fully saturated rings. The molecule has 1 unspecified atom stereocenters. The van der Waals surface area contributed by atoms with Crippen molar-refractivity contribution in [1.29, 1.82) is 0 Å². The zero-order valence-electron chi connectivity index (χ0n) is 13.1. The van der Waals surface area contributed by atoms with E-state index in [-0.39, 0.29) is 24.4 Å². The molecule has 0 aromatic carbocycles. The van der Waals surface area contributed by atoms with E-state index in [1.165, 1.54) is 24.2 Å². The highest BCUT2D eigenvalue weighted by molar-refractivity contribution is 7.20. The van der Waals surface area contributed by atoms with Crippen molar-refractivity contribution in [2.45, 2.75) is 38.6 Å². The molecule has 0 bridgehead atoms. The summed E-state index contributed by atoms with van der Waals surface area (Å²) >= 11 is 1.50. The van der Waals surface area contributed by atoms with Crippen LogP contribution in [0.2, 0.25) is 0 Å². The number of carbonyl (C=O) groups is 1. The van der Waals surface area contributed by atoms with Gasteiger partial charge in [-0.05, 0) is 30.7 Å². The third kappa shape index (κ3) is 3.14. The van der Waals surface area contributed by atoms with Crippen molar-refractivity contribution < 1.29 is 4.79 Å². The fourth-order valence-corrected chi connectivity index (χ4v) is 3.69. The number of rotatable bonds is 5. The van der Waals surface area contributed by atoms with Crippen LogP contribution in [0.4, 0.5) is 0 Å². The minimum Gasteiger partial charge on any atom is -0.347 e. The fourth-order valence-electron chi connectivity index (χ4n) is 2.71. The summed E-state index contributed by atoms with van der Waals surface area (Å²) in [7, 11) is 1.93. The van der Waals surface area contributed by atoms with Gasteiger partial charge in [-0.25, -0.2) is 0 Å². The third-order valence-corrected chi connectivity index (χ3v) is 5.27. The maximum Gasteiger partial charge on any atom is 0.261 e. The van der Waals surface area contributed by atoms with Crippen molar-refractivity contribution in [1.82, 2.24) is 15.1 Å². The third-order valence-electron chi connectivity index (χ3n) is 4.07. The van der Waals surface area contributed by atoms with E-state index >= 15 is 0 Å². The van der Waals surface area contributed by atoms with Gasteiger partial charge in [-0.15, -0.1) is 23.7 Å². The molecule has 5 nitrogen and oxygen atoms in total. The molecule has 3 rings (SSSR count). The molecule has 2 aromatic rings. The molecule has 0 saturated heterocycles. The molecule has 3 N–H and O–H groups in total. The second-order valence-electron chi connectivity index (χ2n) is 6.15. The van der Waals surface area contributed by atoms with Gasteiger partial charge in [0.2, 0.25) is 0 Å². The molecule has 1 aliphatic carbocycles. The second-order valence-corrected chi connectivity index (χ2v) is 7.18. The Morgan fingerprint density at radius 2 is 2.23 bits per heavy atom. The lowest BCUT2D eigenvalue weighted by Gasteiger charge is -2.15. The van der Waals surface area contributed by atoms with Crippen LogP contribution in [0.5, 0.6) is 0 Å². The summed E-state index contributed by atoms with van der Waals surface area (Å²) in [4.78, 5) is 14.2. The van der Waals surface area contributed by atoms with Crippen molar-refractivity contribution in [3.63, 3.8) is 0 Å². The first-order chi connectivity index (χ1) is 10.0. The average Bonchev–Trinajstić information content (AvgIpc) is 3.10. The van der Waals surface area contributed by atoms with Crippen LogP contribution in [-0.2, 0) is 7.05 Å². The lowest BCUT2D eigenvalue weighted by molar-refractivity contribution is 0.0937. The molecule has 2 heterocycles. The van der Waals surface area contributed by atoms with E-state index < -0.39 is 0 Å². The van der Waals surface area contributed by atoms with E-state index in [0.717, 1.165) is 20.8 Å². The summed E-state index contributed by atoms with van der Waals surface area (Å²) in [6, 6.07) is 2.09. The predicted octanol–water partition coefficient (Wildman–Crippen LogP) is 2.65. The van der Waals surface area contributed by atoms with Gasteiger partial charge in [0.15, 0.2) is 0 Å². The summed E-state index contributed by atoms with van der Waals surface area (Å²) in [5.74, 6) is 0.914. The first kappa shape index (κ1) is 17.2. The number of aryl methyl sites for hydroxylation is 1. The largest absolute Gasteiger partial charge is 0.347 e. The lowest BCUT2D eigenvalue weighted by Crippen LogP contribution is -2.41. The van der Waals surface area contributed by atoms with Crippen LogP contribution in [-0.4, -0.2) is 28.3 Å². The van der Waals surface area contributed by atoms with Crippen molar-refractivity contribution >= 4 is 39.9 Å². The highest BCUT2D eigenvalue weighted by Crippen LogP contribution is 2.34. The number of amides is 1. The minimum atomic E-state index is -0.00624. The Balaban J connectivity index is 0.00000176. The van der Waals surface area contributed by atoms with Crippen LogP contribution >= 0.6 is 23.7 Å². The number of hydrogen-bond acceptors (Lipinski definition) is 4. The first-order valence-corrected chi connectivity index (χ1v) is 8.30. The van der Waals surface area contributed by atoms with Gasteiger partial charge in [0.25, 0.3) is 5.91 Å². The van der Waals surface area contributed by atoms with E-state index in [2.05, 4.69) is 24.3 Å². The number of nitrogens with one attached hydrogen (secondary N) is 1. The summed E-state index contributed by atoms with van der Waals surface area (Å²) in [5.41, 5.74) is 6.81. The van der Waals surface area contributed by atoms with Gasteiger partial charge >= 0.3 is 0 Å². The molecule has 1 aliphatic rings. The number of thiophene rings is 1. The molecule has 1 atom stereocenters. The Kier molecular flexibility index (Phi) is 5.14. The van der Waals surface area contributed by atoms with Crippen LogP contribution in [0.3, 0.4) is 0 Å². The maximum absolute atomic E-state index is 12.4. The number of nitrogens with two attached hydrogens (primary N) is 1. The Hall–Kier alpha value is -1.11. The quantitative estimate of drug-likeness (QED) is 0.877. The molecular weight excluding hydrogens is 320 g/mol. The minimum absolute atomic E-state index is 0.